The second-order valence-electron chi connectivity index (χ2n) is 2.86. The maximum Gasteiger partial charge on any atom is 1.00 e. The van der Waals surface area contributed by atoms with Gasteiger partial charge in [0.1, 0.15) is 24.4 Å². The molecule has 16 heavy (non-hydrogen) atoms. The largest absolute Gasteiger partial charge is 1.00 e. The van der Waals surface area contributed by atoms with Crippen LogP contribution in [0.1, 0.15) is 0 Å². The van der Waals surface area contributed by atoms with Crippen molar-refractivity contribution < 1.29 is 68.2 Å². The van der Waals surface area contributed by atoms with Crippen LogP contribution in [0.4, 0.5) is 0 Å². The molecule has 1 radical (unpaired) electrons. The number of aliphatic hydroxyl groups excluding tert-OH is 5. The van der Waals surface area contributed by atoms with Crippen LogP contribution in [0.3, 0.4) is 0 Å². The molecular formula is C8H15O6Os2. The van der Waals surface area contributed by atoms with Crippen molar-refractivity contribution >= 4 is 4.57 Å². The Morgan fingerprint density at radius 3 is 1.94 bits per heavy atom. The van der Waals surface area contributed by atoms with Crippen LogP contribution in [0, 0.1) is 6.92 Å². The molecule has 1 aliphatic heterocycles. The molecule has 0 aromatic carbocycles. The minimum Gasteiger partial charge on any atom is 1.00 e. The first-order chi connectivity index (χ1) is 6.99. The smallest absolute Gasteiger partial charge is 1.00 e. The van der Waals surface area contributed by atoms with Crippen LogP contribution >= 0.6 is 0 Å². The summed E-state index contributed by atoms with van der Waals surface area (Å²) in [6.07, 6.45) is -7.04. The standard InChI is InChI=1S/C6H12O6.C2H3.2Os/c7-1-2-3(8)4(9)5(10)6(11)12-2;1-2;;/h2-11H,1H2;1H,2H2;;/q;-1;;+1/t2-,3-,4+,5-,6?;;;/m1.../s1. The molecule has 1 unspecified atom stereocenters. The van der Waals surface area contributed by atoms with Gasteiger partial charge in [0, 0.05) is 0 Å². The molecule has 8 heteroatoms. The summed E-state index contributed by atoms with van der Waals surface area (Å²) in [4.78, 5) is 0. The van der Waals surface area contributed by atoms with Crippen molar-refractivity contribution in [3.63, 3.8) is 0 Å². The summed E-state index contributed by atoms with van der Waals surface area (Å²) in [6.45, 7) is 2.85. The SMILES string of the molecule is OC[C@H]1OC(O)[C@H](O)[C@@H](O)[C@@H]1O.[CH2-][CH]=[Os].[Os+]. The van der Waals surface area contributed by atoms with Crippen molar-refractivity contribution in [3.8, 4) is 0 Å². The number of hydrogen-bond donors (Lipinski definition) is 5. The van der Waals surface area contributed by atoms with Crippen molar-refractivity contribution in [3.05, 3.63) is 6.92 Å². The third-order valence-electron chi connectivity index (χ3n) is 1.87. The van der Waals surface area contributed by atoms with Gasteiger partial charge in [-0.15, -0.1) is 0 Å². The molecule has 0 aromatic heterocycles. The Kier molecular flexibility index (Phi) is 11.9. The van der Waals surface area contributed by atoms with Crippen molar-refractivity contribution in [2.45, 2.75) is 30.7 Å². The molecule has 6 nitrogen and oxygen atoms in total. The molecule has 0 saturated carbocycles. The average molecular weight is 588 g/mol. The van der Waals surface area contributed by atoms with Gasteiger partial charge >= 0.3 is 49.4 Å². The minimum atomic E-state index is -1.57. The van der Waals surface area contributed by atoms with Crippen molar-refractivity contribution in [1.29, 1.82) is 0 Å². The van der Waals surface area contributed by atoms with Crippen LogP contribution in [0.2, 0.25) is 0 Å². The topological polar surface area (TPSA) is 110 Å². The molecule has 1 heterocycles. The van der Waals surface area contributed by atoms with Crippen LogP contribution in [0.15, 0.2) is 0 Å². The molecule has 0 amide bonds. The van der Waals surface area contributed by atoms with Crippen LogP contribution in [0.25, 0.3) is 0 Å². The van der Waals surface area contributed by atoms with Crippen molar-refractivity contribution in [2.24, 2.45) is 0 Å². The molecule has 0 spiro atoms. The van der Waals surface area contributed by atoms with Gasteiger partial charge < -0.3 is 30.3 Å². The Hall–Kier alpha value is 0.903. The monoisotopic (exact) mass is 591 g/mol. The van der Waals surface area contributed by atoms with Crippen LogP contribution in [-0.2, 0) is 42.7 Å². The van der Waals surface area contributed by atoms with E-state index in [1.165, 1.54) is 0 Å². The van der Waals surface area contributed by atoms with Gasteiger partial charge in [-0.1, -0.05) is 0 Å². The van der Waals surface area contributed by atoms with Gasteiger partial charge in [0.15, 0.2) is 6.29 Å². The summed E-state index contributed by atoms with van der Waals surface area (Å²) in [5.74, 6) is 0. The van der Waals surface area contributed by atoms with E-state index in [-0.39, 0.29) is 19.8 Å². The summed E-state index contributed by atoms with van der Waals surface area (Å²) in [5, 5.41) is 44.7. The van der Waals surface area contributed by atoms with E-state index in [4.69, 9.17) is 25.5 Å². The molecule has 1 saturated heterocycles. The van der Waals surface area contributed by atoms with Crippen LogP contribution < -0.4 is 0 Å². The molecule has 0 aromatic rings. The normalized spacial score (nSPS) is 37.8. The van der Waals surface area contributed by atoms with Crippen LogP contribution in [-0.4, -0.2) is 67.4 Å². The summed E-state index contributed by atoms with van der Waals surface area (Å²) < 4.78 is 6.35. The molecule has 0 aliphatic carbocycles. The second-order valence-corrected chi connectivity index (χ2v) is 3.90. The Morgan fingerprint density at radius 2 is 1.56 bits per heavy atom. The fourth-order valence-corrected chi connectivity index (χ4v) is 1.08. The first-order valence-corrected chi connectivity index (χ1v) is 5.64. The predicted octanol–water partition coefficient (Wildman–Crippen LogP) is -3.05. The summed E-state index contributed by atoms with van der Waals surface area (Å²) in [6, 6.07) is 0. The average Bonchev–Trinajstić information content (AvgIpc) is 2.21. The Labute approximate surface area is 117 Å². The third kappa shape index (κ3) is 5.49. The maximum atomic E-state index is 9.12. The molecule has 1 aliphatic rings. The molecular weight excluding hydrogens is 573 g/mol. The van der Waals surface area contributed by atoms with E-state index < -0.39 is 37.3 Å². The summed E-state index contributed by atoms with van der Waals surface area (Å²) in [7, 11) is 0. The van der Waals surface area contributed by atoms with E-state index >= 15 is 0 Å². The number of rotatable bonds is 1. The zero-order chi connectivity index (χ0) is 12.0. The Bertz CT molecular complexity index is 189. The molecule has 1 fully saturated rings. The van der Waals surface area contributed by atoms with E-state index in [1.54, 1.807) is 22.7 Å². The molecule has 5 N–H and O–H groups in total. The fourth-order valence-electron chi connectivity index (χ4n) is 1.08. The van der Waals surface area contributed by atoms with Gasteiger partial charge in [-0.05, 0) is 0 Å². The zero-order valence-corrected chi connectivity index (χ0v) is 13.3. The number of hydrogen-bond acceptors (Lipinski definition) is 6. The Morgan fingerprint density at radius 1 is 1.12 bits per heavy atom. The van der Waals surface area contributed by atoms with Gasteiger partial charge in [0.2, 0.25) is 0 Å². The van der Waals surface area contributed by atoms with Gasteiger partial charge in [-0.3, -0.25) is 0 Å². The molecule has 1 rings (SSSR count). The van der Waals surface area contributed by atoms with Crippen LogP contribution in [0.5, 0.6) is 0 Å². The first kappa shape index (κ1) is 19.2. The van der Waals surface area contributed by atoms with E-state index in [0.717, 1.165) is 0 Å². The van der Waals surface area contributed by atoms with E-state index in [1.807, 2.05) is 0 Å². The number of aliphatic hydroxyl groups is 5. The third-order valence-corrected chi connectivity index (χ3v) is 1.87. The molecule has 99 valence electrons. The predicted molar refractivity (Wildman–Crippen MR) is 47.4 cm³/mol. The van der Waals surface area contributed by atoms with Gasteiger partial charge in [-0.25, -0.2) is 0 Å². The van der Waals surface area contributed by atoms with Gasteiger partial charge in [-0.2, -0.15) is 0 Å². The van der Waals surface area contributed by atoms with E-state index in [2.05, 4.69) is 11.7 Å². The van der Waals surface area contributed by atoms with Crippen molar-refractivity contribution in [1.82, 2.24) is 0 Å². The number of ether oxygens (including phenoxy) is 1. The van der Waals surface area contributed by atoms with Gasteiger partial charge in [0.25, 0.3) is 0 Å². The maximum absolute atomic E-state index is 9.12. The second kappa shape index (κ2) is 9.88. The van der Waals surface area contributed by atoms with Gasteiger partial charge in [0.05, 0.1) is 6.61 Å². The quantitative estimate of drug-likeness (QED) is 0.209. The van der Waals surface area contributed by atoms with E-state index in [0.29, 0.717) is 0 Å². The minimum absolute atomic E-state index is 0. The first-order valence-electron chi connectivity index (χ1n) is 4.17. The fraction of sp³-hybridized carbons (Fsp3) is 0.750. The molecule has 5 atom stereocenters. The zero-order valence-electron chi connectivity index (χ0n) is 8.23. The van der Waals surface area contributed by atoms with E-state index in [9.17, 15) is 0 Å². The summed E-state index contributed by atoms with van der Waals surface area (Å²) >= 11 is 1.74. The molecule has 0 bridgehead atoms. The van der Waals surface area contributed by atoms with Crippen molar-refractivity contribution in [2.75, 3.05) is 6.61 Å². The summed E-state index contributed by atoms with van der Waals surface area (Å²) in [5.41, 5.74) is 0. The Balaban J connectivity index is 0.